The predicted molar refractivity (Wildman–Crippen MR) is 44.6 cm³/mol. The maximum Gasteiger partial charge on any atom is 0.434 e. The predicted octanol–water partition coefficient (Wildman–Crippen LogP) is 1.77. The molecule has 0 atom stereocenters. The molecular weight excluding hydrogens is 209 g/mol. The van der Waals surface area contributed by atoms with Gasteiger partial charge in [-0.25, -0.2) is 4.98 Å². The first kappa shape index (κ1) is 11.5. The molecule has 0 aliphatic carbocycles. The summed E-state index contributed by atoms with van der Waals surface area (Å²) >= 11 is 0. The van der Waals surface area contributed by atoms with Crippen molar-refractivity contribution in [2.75, 3.05) is 0 Å². The fraction of sp³-hybridized carbons (Fsp3) is 0.333. The van der Waals surface area contributed by atoms with Crippen LogP contribution in [0.25, 0.3) is 0 Å². The number of pyridine rings is 1. The normalized spacial score (nSPS) is 11.2. The summed E-state index contributed by atoms with van der Waals surface area (Å²) in [4.78, 5) is 3.20. The van der Waals surface area contributed by atoms with Gasteiger partial charge in [0.25, 0.3) is 0 Å². The van der Waals surface area contributed by atoms with Crippen molar-refractivity contribution in [1.29, 1.82) is 5.26 Å². The summed E-state index contributed by atoms with van der Waals surface area (Å²) in [6.07, 6.45) is -4.68. The van der Waals surface area contributed by atoms with Gasteiger partial charge in [-0.3, -0.25) is 0 Å². The monoisotopic (exact) mass is 216 g/mol. The molecule has 1 N–H and O–H groups in total. The Morgan fingerprint density at radius 2 is 2.13 bits per heavy atom. The minimum Gasteiger partial charge on any atom is -0.390 e. The zero-order valence-corrected chi connectivity index (χ0v) is 7.76. The number of aromatic nitrogens is 1. The molecule has 0 radical (unpaired) electrons. The second kappa shape index (κ2) is 3.87. The van der Waals surface area contributed by atoms with Crippen molar-refractivity contribution >= 4 is 0 Å². The highest BCUT2D eigenvalue weighted by molar-refractivity contribution is 5.42. The number of alkyl halides is 3. The summed E-state index contributed by atoms with van der Waals surface area (Å²) in [5.74, 6) is 0. The van der Waals surface area contributed by atoms with Crippen molar-refractivity contribution in [1.82, 2.24) is 4.98 Å². The fourth-order valence-corrected chi connectivity index (χ4v) is 1.17. The van der Waals surface area contributed by atoms with Gasteiger partial charge in [0.1, 0.15) is 6.07 Å². The molecule has 0 spiro atoms. The standard InChI is InChI=1S/C9H7F3N2O/c1-5-2-6(4-15)14-8(7(5)3-13)9(10,11)12/h2,15H,4H2,1H3. The minimum absolute atomic E-state index is 0.0983. The summed E-state index contributed by atoms with van der Waals surface area (Å²) in [6, 6.07) is 2.72. The van der Waals surface area contributed by atoms with E-state index in [0.29, 0.717) is 0 Å². The minimum atomic E-state index is -4.68. The fourth-order valence-electron chi connectivity index (χ4n) is 1.17. The number of halogens is 3. The lowest BCUT2D eigenvalue weighted by Gasteiger charge is -2.10. The molecular formula is C9H7F3N2O. The SMILES string of the molecule is Cc1cc(CO)nc(C(F)(F)F)c1C#N. The van der Waals surface area contributed by atoms with Gasteiger partial charge in [0.15, 0.2) is 5.69 Å². The van der Waals surface area contributed by atoms with E-state index in [1.807, 2.05) is 0 Å². The topological polar surface area (TPSA) is 56.9 Å². The van der Waals surface area contributed by atoms with Crippen molar-refractivity contribution in [2.45, 2.75) is 19.7 Å². The van der Waals surface area contributed by atoms with Gasteiger partial charge in [0.05, 0.1) is 17.9 Å². The highest BCUT2D eigenvalue weighted by Gasteiger charge is 2.36. The molecule has 0 amide bonds. The molecule has 0 aliphatic rings. The first-order valence-electron chi connectivity index (χ1n) is 3.98. The Hall–Kier alpha value is -1.61. The molecule has 0 aromatic carbocycles. The van der Waals surface area contributed by atoms with E-state index in [2.05, 4.69) is 4.98 Å². The van der Waals surface area contributed by atoms with E-state index in [-0.39, 0.29) is 11.3 Å². The Labute approximate surface area is 83.8 Å². The van der Waals surface area contributed by atoms with E-state index in [1.54, 1.807) is 0 Å². The number of aliphatic hydroxyl groups excluding tert-OH is 1. The van der Waals surface area contributed by atoms with Gasteiger partial charge in [-0.1, -0.05) is 0 Å². The van der Waals surface area contributed by atoms with Crippen LogP contribution in [0, 0.1) is 18.3 Å². The van der Waals surface area contributed by atoms with E-state index < -0.39 is 24.0 Å². The Kier molecular flexibility index (Phi) is 2.95. The molecule has 1 aromatic heterocycles. The number of aliphatic hydroxyl groups is 1. The van der Waals surface area contributed by atoms with Crippen LogP contribution < -0.4 is 0 Å². The van der Waals surface area contributed by atoms with Crippen LogP contribution >= 0.6 is 0 Å². The highest BCUT2D eigenvalue weighted by atomic mass is 19.4. The highest BCUT2D eigenvalue weighted by Crippen LogP contribution is 2.31. The van der Waals surface area contributed by atoms with Crippen molar-refractivity contribution in [3.05, 3.63) is 28.6 Å². The second-order valence-electron chi connectivity index (χ2n) is 2.92. The van der Waals surface area contributed by atoms with Crippen LogP contribution in [0.4, 0.5) is 13.2 Å². The zero-order valence-electron chi connectivity index (χ0n) is 7.76. The third kappa shape index (κ3) is 2.25. The van der Waals surface area contributed by atoms with Gasteiger partial charge in [-0.2, -0.15) is 18.4 Å². The van der Waals surface area contributed by atoms with E-state index in [0.717, 1.165) is 0 Å². The quantitative estimate of drug-likeness (QED) is 0.778. The lowest BCUT2D eigenvalue weighted by molar-refractivity contribution is -0.141. The molecule has 0 fully saturated rings. The van der Waals surface area contributed by atoms with Crippen LogP contribution in [0.1, 0.15) is 22.5 Å². The van der Waals surface area contributed by atoms with Crippen LogP contribution in [0.2, 0.25) is 0 Å². The number of aryl methyl sites for hydroxylation is 1. The van der Waals surface area contributed by atoms with Crippen LogP contribution in [0.15, 0.2) is 6.07 Å². The van der Waals surface area contributed by atoms with Crippen LogP contribution in [0.5, 0.6) is 0 Å². The number of rotatable bonds is 1. The molecule has 0 saturated carbocycles. The first-order valence-corrected chi connectivity index (χ1v) is 3.98. The van der Waals surface area contributed by atoms with Gasteiger partial charge in [-0.05, 0) is 18.6 Å². The summed E-state index contributed by atoms with van der Waals surface area (Å²) in [7, 11) is 0. The molecule has 0 bridgehead atoms. The summed E-state index contributed by atoms with van der Waals surface area (Å²) in [5.41, 5.74) is -1.68. The van der Waals surface area contributed by atoms with E-state index in [9.17, 15) is 13.2 Å². The van der Waals surface area contributed by atoms with E-state index in [1.165, 1.54) is 19.1 Å². The second-order valence-corrected chi connectivity index (χ2v) is 2.92. The molecule has 80 valence electrons. The molecule has 3 nitrogen and oxygen atoms in total. The molecule has 1 rings (SSSR count). The van der Waals surface area contributed by atoms with Crippen molar-refractivity contribution in [3.8, 4) is 6.07 Å². The Morgan fingerprint density at radius 3 is 2.53 bits per heavy atom. The molecule has 0 saturated heterocycles. The van der Waals surface area contributed by atoms with Crippen molar-refractivity contribution in [3.63, 3.8) is 0 Å². The number of nitriles is 1. The smallest absolute Gasteiger partial charge is 0.390 e. The van der Waals surface area contributed by atoms with E-state index >= 15 is 0 Å². The zero-order chi connectivity index (χ0) is 11.6. The summed E-state index contributed by atoms with van der Waals surface area (Å²) in [6.45, 7) is 0.782. The largest absolute Gasteiger partial charge is 0.434 e. The molecule has 1 heterocycles. The third-order valence-electron chi connectivity index (χ3n) is 1.81. The number of hydrogen-bond acceptors (Lipinski definition) is 3. The van der Waals surface area contributed by atoms with Gasteiger partial charge in [0, 0.05) is 0 Å². The number of hydrogen-bond donors (Lipinski definition) is 1. The van der Waals surface area contributed by atoms with Crippen LogP contribution in [-0.4, -0.2) is 10.1 Å². The van der Waals surface area contributed by atoms with Crippen molar-refractivity contribution < 1.29 is 18.3 Å². The number of nitrogens with zero attached hydrogens (tertiary/aromatic N) is 2. The Balaban J connectivity index is 3.48. The lowest BCUT2D eigenvalue weighted by Crippen LogP contribution is -2.13. The molecule has 15 heavy (non-hydrogen) atoms. The Bertz CT molecular complexity index is 421. The van der Waals surface area contributed by atoms with Gasteiger partial charge < -0.3 is 5.11 Å². The van der Waals surface area contributed by atoms with Gasteiger partial charge in [0.2, 0.25) is 0 Å². The Morgan fingerprint density at radius 1 is 1.53 bits per heavy atom. The lowest BCUT2D eigenvalue weighted by atomic mass is 10.1. The molecule has 6 heteroatoms. The maximum absolute atomic E-state index is 12.4. The molecule has 1 aromatic rings. The van der Waals surface area contributed by atoms with Crippen LogP contribution in [-0.2, 0) is 12.8 Å². The van der Waals surface area contributed by atoms with E-state index in [4.69, 9.17) is 10.4 Å². The molecule has 0 unspecified atom stereocenters. The summed E-state index contributed by atoms with van der Waals surface area (Å²) in [5, 5.41) is 17.3. The third-order valence-corrected chi connectivity index (χ3v) is 1.81. The van der Waals surface area contributed by atoms with Crippen LogP contribution in [0.3, 0.4) is 0 Å². The average molecular weight is 216 g/mol. The molecule has 0 aliphatic heterocycles. The van der Waals surface area contributed by atoms with Gasteiger partial charge >= 0.3 is 6.18 Å². The first-order chi connectivity index (χ1) is 6.90. The van der Waals surface area contributed by atoms with Crippen molar-refractivity contribution in [2.24, 2.45) is 0 Å². The van der Waals surface area contributed by atoms with Gasteiger partial charge in [-0.15, -0.1) is 0 Å². The summed E-state index contributed by atoms with van der Waals surface area (Å²) < 4.78 is 37.3. The maximum atomic E-state index is 12.4. The average Bonchev–Trinajstić information content (AvgIpc) is 2.15.